The van der Waals surface area contributed by atoms with E-state index in [1.807, 2.05) is 0 Å². The first kappa shape index (κ1) is 16.8. The highest BCUT2D eigenvalue weighted by atomic mass is 16.5. The van der Waals surface area contributed by atoms with Crippen molar-refractivity contribution in [1.29, 1.82) is 0 Å². The van der Waals surface area contributed by atoms with Crippen molar-refractivity contribution in [2.75, 3.05) is 6.61 Å². The number of carboxylic acids is 2. The van der Waals surface area contributed by atoms with Crippen LogP contribution in [0.1, 0.15) is 25.3 Å². The molecule has 7 nitrogen and oxygen atoms in total. The van der Waals surface area contributed by atoms with Gasteiger partial charge in [-0.25, -0.2) is 0 Å². The van der Waals surface area contributed by atoms with Crippen LogP contribution in [-0.2, 0) is 16.1 Å². The molecule has 0 radical (unpaired) electrons. The molecule has 1 aromatic rings. The minimum absolute atomic E-state index is 0.0312. The zero-order valence-corrected chi connectivity index (χ0v) is 11.7. The van der Waals surface area contributed by atoms with E-state index >= 15 is 0 Å². The lowest BCUT2D eigenvalue weighted by molar-refractivity contribution is -0.140. The van der Waals surface area contributed by atoms with Gasteiger partial charge in [-0.2, -0.15) is 0 Å². The number of benzene rings is 1. The summed E-state index contributed by atoms with van der Waals surface area (Å²) in [6, 6.07) is 3.95. The number of para-hydroxylation sites is 1. The number of hydrogen-bond donors (Lipinski definition) is 4. The van der Waals surface area contributed by atoms with Crippen molar-refractivity contribution in [3.05, 3.63) is 23.8 Å². The number of phenolic OH excluding ortho intramolecular Hbond substituents is 1. The number of ether oxygens (including phenoxy) is 1. The van der Waals surface area contributed by atoms with Gasteiger partial charge in [-0.3, -0.25) is 9.59 Å². The third kappa shape index (κ3) is 5.31. The molecule has 116 valence electrons. The summed E-state index contributed by atoms with van der Waals surface area (Å²) in [5.74, 6) is -1.90. The minimum atomic E-state index is -1.13. The maximum Gasteiger partial charge on any atom is 0.320 e. The number of nitrogens with one attached hydrogen (secondary N) is 1. The van der Waals surface area contributed by atoms with Crippen LogP contribution in [0.2, 0.25) is 0 Å². The third-order valence-electron chi connectivity index (χ3n) is 2.87. The lowest BCUT2D eigenvalue weighted by Gasteiger charge is -2.15. The zero-order chi connectivity index (χ0) is 15.8. The smallest absolute Gasteiger partial charge is 0.320 e. The Morgan fingerprint density at radius 3 is 2.62 bits per heavy atom. The molecule has 1 unspecified atom stereocenters. The highest BCUT2D eigenvalue weighted by Crippen LogP contribution is 2.29. The summed E-state index contributed by atoms with van der Waals surface area (Å²) >= 11 is 0. The molecule has 0 heterocycles. The predicted molar refractivity (Wildman–Crippen MR) is 74.4 cm³/mol. The van der Waals surface area contributed by atoms with Gasteiger partial charge in [-0.1, -0.05) is 12.1 Å². The van der Waals surface area contributed by atoms with E-state index in [0.717, 1.165) is 0 Å². The summed E-state index contributed by atoms with van der Waals surface area (Å²) in [6.45, 7) is 2.29. The molecule has 4 N–H and O–H groups in total. The van der Waals surface area contributed by atoms with Crippen molar-refractivity contribution in [3.63, 3.8) is 0 Å². The average Bonchev–Trinajstić information content (AvgIpc) is 2.42. The molecular weight excluding hydrogens is 278 g/mol. The molecule has 1 rings (SSSR count). The van der Waals surface area contributed by atoms with Gasteiger partial charge in [-0.05, 0) is 19.4 Å². The molecule has 0 fully saturated rings. The molecule has 1 atom stereocenters. The number of phenols is 1. The van der Waals surface area contributed by atoms with E-state index in [1.165, 1.54) is 0 Å². The molecule has 0 saturated carbocycles. The van der Waals surface area contributed by atoms with E-state index in [-0.39, 0.29) is 25.1 Å². The van der Waals surface area contributed by atoms with Crippen LogP contribution in [0.5, 0.6) is 11.5 Å². The first-order valence-corrected chi connectivity index (χ1v) is 6.57. The fourth-order valence-corrected chi connectivity index (χ4v) is 1.80. The van der Waals surface area contributed by atoms with Gasteiger partial charge in [0.25, 0.3) is 0 Å². The van der Waals surface area contributed by atoms with Crippen molar-refractivity contribution in [1.82, 2.24) is 5.32 Å². The number of carboxylic acid groups (broad SMARTS) is 2. The van der Waals surface area contributed by atoms with Crippen molar-refractivity contribution >= 4 is 11.9 Å². The molecule has 0 aliphatic carbocycles. The monoisotopic (exact) mass is 297 g/mol. The van der Waals surface area contributed by atoms with E-state index in [9.17, 15) is 14.7 Å². The molecule has 21 heavy (non-hydrogen) atoms. The maximum absolute atomic E-state index is 11.0. The van der Waals surface area contributed by atoms with E-state index in [2.05, 4.69) is 5.32 Å². The molecule has 0 aliphatic rings. The van der Waals surface area contributed by atoms with Gasteiger partial charge in [0.15, 0.2) is 11.5 Å². The molecule has 0 amide bonds. The van der Waals surface area contributed by atoms with E-state index in [0.29, 0.717) is 17.9 Å². The van der Waals surface area contributed by atoms with Crippen LogP contribution in [0.3, 0.4) is 0 Å². The summed E-state index contributed by atoms with van der Waals surface area (Å²) in [4.78, 5) is 21.5. The topological polar surface area (TPSA) is 116 Å². The quantitative estimate of drug-likeness (QED) is 0.541. The fraction of sp³-hybridized carbons (Fsp3) is 0.429. The van der Waals surface area contributed by atoms with Crippen LogP contribution >= 0.6 is 0 Å². The van der Waals surface area contributed by atoms with Gasteiger partial charge in [-0.15, -0.1) is 0 Å². The first-order chi connectivity index (χ1) is 9.95. The Morgan fingerprint density at radius 2 is 2.05 bits per heavy atom. The Labute approximate surface area is 122 Å². The predicted octanol–water partition coefficient (Wildman–Crippen LogP) is 1.20. The lowest BCUT2D eigenvalue weighted by Crippen LogP contribution is -2.36. The third-order valence-corrected chi connectivity index (χ3v) is 2.87. The second-order valence-corrected chi connectivity index (χ2v) is 4.40. The van der Waals surface area contributed by atoms with Gasteiger partial charge >= 0.3 is 11.9 Å². The van der Waals surface area contributed by atoms with Crippen LogP contribution < -0.4 is 10.1 Å². The average molecular weight is 297 g/mol. The van der Waals surface area contributed by atoms with Crippen molar-refractivity contribution in [2.45, 2.75) is 32.4 Å². The van der Waals surface area contributed by atoms with E-state index in [4.69, 9.17) is 14.9 Å². The number of carbonyl (C=O) groups is 2. The second kappa shape index (κ2) is 8.11. The Hall–Kier alpha value is -2.28. The Kier molecular flexibility index (Phi) is 6.48. The number of aliphatic carboxylic acids is 2. The van der Waals surface area contributed by atoms with Crippen LogP contribution in [0.15, 0.2) is 18.2 Å². The second-order valence-electron chi connectivity index (χ2n) is 4.40. The molecular formula is C14H19NO6. The van der Waals surface area contributed by atoms with Crippen LogP contribution in [0.4, 0.5) is 0 Å². The van der Waals surface area contributed by atoms with Crippen LogP contribution in [0.25, 0.3) is 0 Å². The first-order valence-electron chi connectivity index (χ1n) is 6.57. The minimum Gasteiger partial charge on any atom is -0.504 e. The van der Waals surface area contributed by atoms with Crippen LogP contribution in [0, 0.1) is 0 Å². The van der Waals surface area contributed by atoms with Gasteiger partial charge in [0.1, 0.15) is 6.04 Å². The van der Waals surface area contributed by atoms with Crippen molar-refractivity contribution in [3.8, 4) is 11.5 Å². The van der Waals surface area contributed by atoms with Gasteiger partial charge < -0.3 is 25.4 Å². The molecule has 0 aromatic heterocycles. The number of rotatable bonds is 9. The van der Waals surface area contributed by atoms with Gasteiger partial charge in [0.2, 0.25) is 0 Å². The molecule has 0 bridgehead atoms. The molecule has 0 aliphatic heterocycles. The molecule has 0 spiro atoms. The summed E-state index contributed by atoms with van der Waals surface area (Å²) in [5, 5.41) is 30.3. The molecule has 7 heteroatoms. The highest BCUT2D eigenvalue weighted by Gasteiger charge is 2.19. The summed E-state index contributed by atoms with van der Waals surface area (Å²) < 4.78 is 5.24. The Bertz CT molecular complexity index is 502. The highest BCUT2D eigenvalue weighted by molar-refractivity contribution is 5.75. The Morgan fingerprint density at radius 1 is 1.33 bits per heavy atom. The summed E-state index contributed by atoms with van der Waals surface area (Å²) in [7, 11) is 0. The van der Waals surface area contributed by atoms with Gasteiger partial charge in [0, 0.05) is 18.5 Å². The molecule has 1 aromatic carbocycles. The standard InChI is InChI=1S/C14H19NO6/c1-2-21-11-5-3-4-9(13(11)18)8-15-10(14(19)20)6-7-12(16)17/h3-5,10,15,18H,2,6-8H2,1H3,(H,16,17)(H,19,20). The molecule has 0 saturated heterocycles. The maximum atomic E-state index is 11.0. The lowest BCUT2D eigenvalue weighted by atomic mass is 10.1. The Balaban J connectivity index is 2.69. The largest absolute Gasteiger partial charge is 0.504 e. The number of hydrogen-bond acceptors (Lipinski definition) is 5. The normalized spacial score (nSPS) is 11.9. The van der Waals surface area contributed by atoms with Crippen LogP contribution in [-0.4, -0.2) is 39.9 Å². The fourth-order valence-electron chi connectivity index (χ4n) is 1.80. The SMILES string of the molecule is CCOc1cccc(CNC(CCC(=O)O)C(=O)O)c1O. The summed E-state index contributed by atoms with van der Waals surface area (Å²) in [5.41, 5.74) is 0.488. The number of aromatic hydroxyl groups is 1. The van der Waals surface area contributed by atoms with E-state index < -0.39 is 18.0 Å². The van der Waals surface area contributed by atoms with Gasteiger partial charge in [0.05, 0.1) is 6.61 Å². The zero-order valence-electron chi connectivity index (χ0n) is 11.7. The van der Waals surface area contributed by atoms with Crippen molar-refractivity contribution in [2.24, 2.45) is 0 Å². The van der Waals surface area contributed by atoms with E-state index in [1.54, 1.807) is 25.1 Å². The summed E-state index contributed by atoms with van der Waals surface area (Å²) in [6.07, 6.45) is -0.272. The van der Waals surface area contributed by atoms with Crippen molar-refractivity contribution < 1.29 is 29.6 Å².